The Morgan fingerprint density at radius 3 is 2.42 bits per heavy atom. The summed E-state index contributed by atoms with van der Waals surface area (Å²) >= 11 is 6.78. The lowest BCUT2D eigenvalue weighted by atomic mass is 10.1. The number of rotatable bonds is 5. The van der Waals surface area contributed by atoms with Crippen LogP contribution >= 0.6 is 24.0 Å². The molecule has 1 fully saturated rings. The van der Waals surface area contributed by atoms with Gasteiger partial charge in [0.1, 0.15) is 4.32 Å². The van der Waals surface area contributed by atoms with Gasteiger partial charge in [-0.15, -0.1) is 0 Å². The van der Waals surface area contributed by atoms with Gasteiger partial charge in [0.2, 0.25) is 0 Å². The maximum Gasteiger partial charge on any atom is 0.266 e. The number of hydrogen-bond donors (Lipinski definition) is 0. The minimum atomic E-state index is -0.111. The molecule has 4 nitrogen and oxygen atoms in total. The van der Waals surface area contributed by atoms with Crippen molar-refractivity contribution >= 4 is 40.3 Å². The topological polar surface area (TPSA) is 38.8 Å². The van der Waals surface area contributed by atoms with Crippen LogP contribution in [0.3, 0.4) is 0 Å². The number of ether oxygens (including phenoxy) is 2. The van der Waals surface area contributed by atoms with E-state index in [9.17, 15) is 4.79 Å². The second-order valence-electron chi connectivity index (χ2n) is 5.75. The second-order valence-corrected chi connectivity index (χ2v) is 7.43. The molecule has 2 aromatic carbocycles. The maximum atomic E-state index is 12.9. The standard InChI is InChI=1S/C20H19NO3S2/c1-13(15-7-5-4-6-8-15)21-19(22)18(26-20(21)25)12-14-9-10-16(23-2)17(11-14)24-3/h4-13H,1-3H3/b18-12-. The predicted octanol–water partition coefficient (Wildman–Crippen LogP) is 4.67. The largest absolute Gasteiger partial charge is 0.493 e. The van der Waals surface area contributed by atoms with Crippen LogP contribution in [-0.4, -0.2) is 29.3 Å². The Labute approximate surface area is 162 Å². The Kier molecular flexibility index (Phi) is 5.64. The number of methoxy groups -OCH3 is 2. The van der Waals surface area contributed by atoms with Gasteiger partial charge in [0.25, 0.3) is 5.91 Å². The van der Waals surface area contributed by atoms with Crippen molar-refractivity contribution < 1.29 is 14.3 Å². The molecule has 3 rings (SSSR count). The number of thioether (sulfide) groups is 1. The number of amides is 1. The minimum absolute atomic E-state index is 0.0777. The Hall–Kier alpha value is -2.31. The van der Waals surface area contributed by atoms with Gasteiger partial charge >= 0.3 is 0 Å². The molecule has 0 radical (unpaired) electrons. The van der Waals surface area contributed by atoms with E-state index >= 15 is 0 Å². The SMILES string of the molecule is COc1ccc(/C=C2\SC(=S)N(C(C)c3ccccc3)C2=O)cc1OC. The first-order chi connectivity index (χ1) is 12.5. The molecule has 1 amide bonds. The van der Waals surface area contributed by atoms with E-state index in [0.717, 1.165) is 11.1 Å². The highest BCUT2D eigenvalue weighted by atomic mass is 32.2. The number of thiocarbonyl (C=S) groups is 1. The van der Waals surface area contributed by atoms with E-state index in [1.165, 1.54) is 11.8 Å². The van der Waals surface area contributed by atoms with Crippen LogP contribution in [0, 0.1) is 0 Å². The molecule has 0 aliphatic carbocycles. The Morgan fingerprint density at radius 1 is 1.08 bits per heavy atom. The van der Waals surface area contributed by atoms with Crippen molar-refractivity contribution in [1.29, 1.82) is 0 Å². The number of carbonyl (C=O) groups excluding carboxylic acids is 1. The summed E-state index contributed by atoms with van der Waals surface area (Å²) in [4.78, 5) is 15.2. The molecule has 2 aromatic rings. The highest BCUT2D eigenvalue weighted by Crippen LogP contribution is 2.38. The molecule has 26 heavy (non-hydrogen) atoms. The van der Waals surface area contributed by atoms with E-state index in [0.29, 0.717) is 20.7 Å². The third-order valence-electron chi connectivity index (χ3n) is 4.20. The van der Waals surface area contributed by atoms with Gasteiger partial charge in [0, 0.05) is 0 Å². The lowest BCUT2D eigenvalue weighted by molar-refractivity contribution is -0.123. The molecule has 0 aromatic heterocycles. The molecule has 1 saturated heterocycles. The molecule has 6 heteroatoms. The lowest BCUT2D eigenvalue weighted by Crippen LogP contribution is -2.30. The summed E-state index contributed by atoms with van der Waals surface area (Å²) < 4.78 is 11.1. The molecule has 1 aliphatic heterocycles. The van der Waals surface area contributed by atoms with Gasteiger partial charge in [0.15, 0.2) is 11.5 Å². The molecule has 0 N–H and O–H groups in total. The number of carbonyl (C=O) groups is 1. The van der Waals surface area contributed by atoms with Crippen molar-refractivity contribution in [1.82, 2.24) is 4.90 Å². The van der Waals surface area contributed by atoms with Crippen LogP contribution < -0.4 is 9.47 Å². The third-order valence-corrected chi connectivity index (χ3v) is 5.53. The van der Waals surface area contributed by atoms with Crippen LogP contribution in [0.4, 0.5) is 0 Å². The van der Waals surface area contributed by atoms with Crippen molar-refractivity contribution in [2.75, 3.05) is 14.2 Å². The summed E-state index contributed by atoms with van der Waals surface area (Å²) in [6.45, 7) is 1.99. The predicted molar refractivity (Wildman–Crippen MR) is 109 cm³/mol. The molecule has 134 valence electrons. The lowest BCUT2D eigenvalue weighted by Gasteiger charge is -2.23. The fourth-order valence-corrected chi connectivity index (χ4v) is 4.21. The van der Waals surface area contributed by atoms with Crippen LogP contribution in [0.15, 0.2) is 53.4 Å². The summed E-state index contributed by atoms with van der Waals surface area (Å²) in [7, 11) is 3.18. The fourth-order valence-electron chi connectivity index (χ4n) is 2.79. The van der Waals surface area contributed by atoms with Crippen molar-refractivity contribution in [3.05, 3.63) is 64.6 Å². The summed E-state index contributed by atoms with van der Waals surface area (Å²) in [6, 6.07) is 15.3. The van der Waals surface area contributed by atoms with E-state index in [2.05, 4.69) is 0 Å². The van der Waals surface area contributed by atoms with Crippen LogP contribution in [0.25, 0.3) is 6.08 Å². The number of hydrogen-bond acceptors (Lipinski definition) is 5. The molecule has 1 heterocycles. The zero-order valence-electron chi connectivity index (χ0n) is 14.8. The van der Waals surface area contributed by atoms with E-state index in [4.69, 9.17) is 21.7 Å². The zero-order chi connectivity index (χ0) is 18.7. The highest BCUT2D eigenvalue weighted by molar-refractivity contribution is 8.26. The smallest absolute Gasteiger partial charge is 0.266 e. The first-order valence-corrected chi connectivity index (χ1v) is 9.31. The van der Waals surface area contributed by atoms with Gasteiger partial charge in [-0.2, -0.15) is 0 Å². The average Bonchev–Trinajstić information content (AvgIpc) is 2.95. The number of nitrogens with zero attached hydrogens (tertiary/aromatic N) is 1. The molecule has 1 aliphatic rings. The van der Waals surface area contributed by atoms with Crippen LogP contribution in [0.5, 0.6) is 11.5 Å². The van der Waals surface area contributed by atoms with Gasteiger partial charge in [-0.25, -0.2) is 0 Å². The van der Waals surface area contributed by atoms with Crippen LogP contribution in [0.1, 0.15) is 24.1 Å². The Morgan fingerprint density at radius 2 is 1.77 bits per heavy atom. The Bertz CT molecular complexity index is 865. The first-order valence-electron chi connectivity index (χ1n) is 8.09. The van der Waals surface area contributed by atoms with Gasteiger partial charge in [-0.1, -0.05) is 60.4 Å². The minimum Gasteiger partial charge on any atom is -0.493 e. The second kappa shape index (κ2) is 7.93. The van der Waals surface area contributed by atoms with Crippen molar-refractivity contribution in [2.45, 2.75) is 13.0 Å². The average molecular weight is 386 g/mol. The molecular weight excluding hydrogens is 366 g/mol. The Balaban J connectivity index is 1.88. The molecule has 0 bridgehead atoms. The highest BCUT2D eigenvalue weighted by Gasteiger charge is 2.35. The molecule has 0 spiro atoms. The summed E-state index contributed by atoms with van der Waals surface area (Å²) in [5, 5.41) is 0. The normalized spacial score (nSPS) is 16.9. The van der Waals surface area contributed by atoms with E-state index in [-0.39, 0.29) is 11.9 Å². The van der Waals surface area contributed by atoms with Crippen LogP contribution in [0.2, 0.25) is 0 Å². The molecule has 1 atom stereocenters. The monoisotopic (exact) mass is 385 g/mol. The molecular formula is C20H19NO3S2. The third kappa shape index (κ3) is 3.61. The fraction of sp³-hybridized carbons (Fsp3) is 0.200. The number of benzene rings is 2. The first kappa shape index (κ1) is 18.5. The maximum absolute atomic E-state index is 12.9. The summed E-state index contributed by atoms with van der Waals surface area (Å²) in [6.07, 6.45) is 1.83. The van der Waals surface area contributed by atoms with E-state index < -0.39 is 0 Å². The van der Waals surface area contributed by atoms with Crippen molar-refractivity contribution in [3.63, 3.8) is 0 Å². The van der Waals surface area contributed by atoms with Crippen LogP contribution in [-0.2, 0) is 4.79 Å². The van der Waals surface area contributed by atoms with Gasteiger partial charge in [0.05, 0.1) is 25.2 Å². The summed E-state index contributed by atoms with van der Waals surface area (Å²) in [5.41, 5.74) is 1.91. The molecule has 1 unspecified atom stereocenters. The molecule has 0 saturated carbocycles. The zero-order valence-corrected chi connectivity index (χ0v) is 16.4. The van der Waals surface area contributed by atoms with Gasteiger partial charge < -0.3 is 9.47 Å². The van der Waals surface area contributed by atoms with Crippen molar-refractivity contribution in [3.8, 4) is 11.5 Å². The van der Waals surface area contributed by atoms with Gasteiger partial charge in [-0.05, 0) is 36.3 Å². The van der Waals surface area contributed by atoms with E-state index in [1.54, 1.807) is 19.1 Å². The van der Waals surface area contributed by atoms with E-state index in [1.807, 2.05) is 61.5 Å². The quantitative estimate of drug-likeness (QED) is 0.553. The summed E-state index contributed by atoms with van der Waals surface area (Å²) in [5.74, 6) is 1.19. The van der Waals surface area contributed by atoms with Gasteiger partial charge in [-0.3, -0.25) is 9.69 Å². The van der Waals surface area contributed by atoms with Crippen molar-refractivity contribution in [2.24, 2.45) is 0 Å².